The fraction of sp³-hybridized carbons (Fsp3) is 0.680. The third-order valence-corrected chi connectivity index (χ3v) is 8.89. The molecule has 1 aromatic rings. The molecule has 2 amide bonds. The van der Waals surface area contributed by atoms with E-state index < -0.39 is 17.4 Å². The zero-order valence-corrected chi connectivity index (χ0v) is 25.6. The molecule has 3 saturated heterocycles. The molecule has 1 aromatic carbocycles. The van der Waals surface area contributed by atoms with Gasteiger partial charge in [-0.15, -0.1) is 0 Å². The third kappa shape index (κ3) is 9.53. The van der Waals surface area contributed by atoms with E-state index >= 15 is 0 Å². The van der Waals surface area contributed by atoms with Crippen LogP contribution in [0.1, 0.15) is 39.5 Å². The van der Waals surface area contributed by atoms with Gasteiger partial charge in [-0.05, 0) is 37.8 Å². The quantitative estimate of drug-likeness (QED) is 0.185. The topological polar surface area (TPSA) is 94.6 Å². The van der Waals surface area contributed by atoms with Gasteiger partial charge in [0, 0.05) is 64.5 Å². The number of nitrogens with zero attached hydrogens (tertiary/aromatic N) is 3. The summed E-state index contributed by atoms with van der Waals surface area (Å²) in [6.07, 6.45) is 4.77. The first-order valence-electron chi connectivity index (χ1n) is 13.0. The van der Waals surface area contributed by atoms with Crippen LogP contribution in [0.4, 0.5) is 10.5 Å². The molecule has 0 saturated carbocycles. The Balaban J connectivity index is 0.000000636. The molecule has 0 aromatic heterocycles. The van der Waals surface area contributed by atoms with Crippen LogP contribution in [-0.2, 0) is 13.7 Å². The summed E-state index contributed by atoms with van der Waals surface area (Å²) in [7, 11) is 0. The fourth-order valence-electron chi connectivity index (χ4n) is 4.35. The van der Waals surface area contributed by atoms with Crippen LogP contribution in [0.15, 0.2) is 18.2 Å². The number of hydroxylamine groups is 1. The van der Waals surface area contributed by atoms with Crippen molar-refractivity contribution in [3.8, 4) is 0 Å². The SMILES string of the molecule is C1CCOC1.CC.CSOC(=O)N1CCC(CSN2CCN(c3c(Cl)cccc3Cl)CC2)(C(=O)NO)CC1. The van der Waals surface area contributed by atoms with Crippen molar-refractivity contribution in [1.29, 1.82) is 0 Å². The first-order chi connectivity index (χ1) is 18.4. The molecule has 0 radical (unpaired) electrons. The summed E-state index contributed by atoms with van der Waals surface area (Å²) in [6.45, 7) is 9.93. The lowest BCUT2D eigenvalue weighted by molar-refractivity contribution is -0.141. The number of rotatable bonds is 6. The lowest BCUT2D eigenvalue weighted by Crippen LogP contribution is -2.51. The second-order valence-corrected chi connectivity index (χ2v) is 11.2. The fourth-order valence-corrected chi connectivity index (χ4v) is 6.51. The Hall–Kier alpha value is -1.08. The number of nitrogens with one attached hydrogen (secondary N) is 1. The Kier molecular flexibility index (Phi) is 15.3. The van der Waals surface area contributed by atoms with Gasteiger partial charge in [0.05, 0.1) is 33.2 Å². The molecule has 0 atom stereocenters. The highest BCUT2D eigenvalue weighted by Gasteiger charge is 2.43. The van der Waals surface area contributed by atoms with Crippen LogP contribution in [0.25, 0.3) is 0 Å². The van der Waals surface area contributed by atoms with Crippen LogP contribution in [0.2, 0.25) is 10.0 Å². The molecule has 4 rings (SSSR count). The van der Waals surface area contributed by atoms with E-state index in [4.69, 9.17) is 32.1 Å². The summed E-state index contributed by atoms with van der Waals surface area (Å²) in [6, 6.07) is 5.50. The van der Waals surface area contributed by atoms with Crippen molar-refractivity contribution < 1.29 is 23.7 Å². The molecule has 13 heteroatoms. The summed E-state index contributed by atoms with van der Waals surface area (Å²) in [4.78, 5) is 28.2. The zero-order chi connectivity index (χ0) is 28.0. The second kappa shape index (κ2) is 17.6. The number of para-hydroxylation sites is 1. The lowest BCUT2D eigenvalue weighted by atomic mass is 9.79. The lowest BCUT2D eigenvalue weighted by Gasteiger charge is -2.41. The average Bonchev–Trinajstić information content (AvgIpc) is 3.54. The number of piperidine rings is 1. The number of carbonyl (C=O) groups excluding carboxylic acids is 2. The molecular formula is C25H40Cl2N4O5S2. The number of benzene rings is 1. The Labute approximate surface area is 245 Å². The van der Waals surface area contributed by atoms with Crippen LogP contribution < -0.4 is 10.4 Å². The monoisotopic (exact) mass is 610 g/mol. The van der Waals surface area contributed by atoms with Crippen LogP contribution in [-0.4, -0.2) is 90.9 Å². The highest BCUT2D eigenvalue weighted by molar-refractivity contribution is 7.97. The number of amides is 2. The Morgan fingerprint density at radius 1 is 1.05 bits per heavy atom. The Bertz CT molecular complexity index is 838. The molecule has 3 fully saturated rings. The van der Waals surface area contributed by atoms with E-state index in [0.717, 1.165) is 57.1 Å². The number of ether oxygens (including phenoxy) is 1. The predicted octanol–water partition coefficient (Wildman–Crippen LogP) is 5.59. The highest BCUT2D eigenvalue weighted by Crippen LogP contribution is 2.38. The summed E-state index contributed by atoms with van der Waals surface area (Å²) in [5.74, 6) is 0.122. The van der Waals surface area contributed by atoms with Crippen molar-refractivity contribution in [2.75, 3.05) is 69.4 Å². The second-order valence-electron chi connectivity index (χ2n) is 8.80. The molecule has 9 nitrogen and oxygen atoms in total. The number of halogens is 2. The van der Waals surface area contributed by atoms with Gasteiger partial charge in [-0.1, -0.05) is 55.1 Å². The number of hydrogen-bond donors (Lipinski definition) is 2. The first kappa shape index (κ1) is 33.1. The van der Waals surface area contributed by atoms with E-state index in [-0.39, 0.29) is 0 Å². The average molecular weight is 612 g/mol. The molecule has 38 heavy (non-hydrogen) atoms. The number of hydrogen-bond acceptors (Lipinski definition) is 9. The van der Waals surface area contributed by atoms with Crippen LogP contribution in [0, 0.1) is 5.41 Å². The number of piperazine rings is 1. The van der Waals surface area contributed by atoms with Crippen molar-refractivity contribution in [2.24, 2.45) is 5.41 Å². The van der Waals surface area contributed by atoms with Gasteiger partial charge in [-0.2, -0.15) is 0 Å². The smallest absolute Gasteiger partial charge is 0.381 e. The Morgan fingerprint density at radius 3 is 2.11 bits per heavy atom. The van der Waals surface area contributed by atoms with E-state index in [1.165, 1.54) is 12.8 Å². The van der Waals surface area contributed by atoms with E-state index in [2.05, 4.69) is 9.21 Å². The van der Waals surface area contributed by atoms with Crippen molar-refractivity contribution in [1.82, 2.24) is 14.7 Å². The summed E-state index contributed by atoms with van der Waals surface area (Å²) < 4.78 is 12.1. The minimum absolute atomic E-state index is 0.396. The number of anilines is 1. The molecule has 3 heterocycles. The van der Waals surface area contributed by atoms with Crippen molar-refractivity contribution in [3.05, 3.63) is 28.2 Å². The third-order valence-electron chi connectivity index (χ3n) is 6.56. The largest absolute Gasteiger partial charge is 0.421 e. The highest BCUT2D eigenvalue weighted by atomic mass is 35.5. The van der Waals surface area contributed by atoms with Gasteiger partial charge in [0.15, 0.2) is 0 Å². The molecule has 2 N–H and O–H groups in total. The maximum Gasteiger partial charge on any atom is 0.421 e. The zero-order valence-electron chi connectivity index (χ0n) is 22.4. The van der Waals surface area contributed by atoms with Gasteiger partial charge < -0.3 is 18.7 Å². The maximum atomic E-state index is 12.5. The molecule has 0 bridgehead atoms. The molecule has 216 valence electrons. The summed E-state index contributed by atoms with van der Waals surface area (Å²) >= 11 is 15.3. The van der Waals surface area contributed by atoms with Gasteiger partial charge in [0.1, 0.15) is 0 Å². The minimum atomic E-state index is -0.737. The normalized spacial score (nSPS) is 19.0. The van der Waals surface area contributed by atoms with E-state index in [9.17, 15) is 14.8 Å². The minimum Gasteiger partial charge on any atom is -0.381 e. The van der Waals surface area contributed by atoms with Crippen LogP contribution in [0.5, 0.6) is 0 Å². The van der Waals surface area contributed by atoms with Crippen molar-refractivity contribution in [2.45, 2.75) is 39.5 Å². The van der Waals surface area contributed by atoms with E-state index in [1.807, 2.05) is 37.5 Å². The van der Waals surface area contributed by atoms with Crippen LogP contribution in [0.3, 0.4) is 0 Å². The van der Waals surface area contributed by atoms with Crippen molar-refractivity contribution in [3.63, 3.8) is 0 Å². The maximum absolute atomic E-state index is 12.5. The van der Waals surface area contributed by atoms with Crippen molar-refractivity contribution >= 4 is 64.9 Å². The van der Waals surface area contributed by atoms with Gasteiger partial charge in [0.25, 0.3) is 5.91 Å². The standard InChI is InChI=1S/C19H26Cl2N4O4S2.C4H8O.C2H6/c1-30-29-18(27)24-7-5-19(6-8-24,17(26)22-28)13-31-25-11-9-23(10-12-25)16-14(20)3-2-4-15(16)21;1-2-4-5-3-1;1-2/h2-4,28H,5-13H2,1H3,(H,22,26);1-4H2;1-2H3. The number of carbonyl (C=O) groups is 2. The van der Waals surface area contributed by atoms with E-state index in [0.29, 0.717) is 41.7 Å². The molecule has 0 spiro atoms. The summed E-state index contributed by atoms with van der Waals surface area (Å²) in [5, 5.41) is 10.6. The van der Waals surface area contributed by atoms with Gasteiger partial charge in [0.2, 0.25) is 0 Å². The van der Waals surface area contributed by atoms with Crippen LogP contribution >= 0.6 is 47.2 Å². The van der Waals surface area contributed by atoms with Gasteiger partial charge in [-0.3, -0.25) is 10.0 Å². The van der Waals surface area contributed by atoms with Gasteiger partial charge >= 0.3 is 6.09 Å². The Morgan fingerprint density at radius 2 is 1.63 bits per heavy atom. The van der Waals surface area contributed by atoms with Gasteiger partial charge in [-0.25, -0.2) is 14.6 Å². The van der Waals surface area contributed by atoms with E-state index in [1.54, 1.807) is 23.1 Å². The molecule has 0 aliphatic carbocycles. The molecule has 3 aliphatic rings. The summed E-state index contributed by atoms with van der Waals surface area (Å²) in [5.41, 5.74) is 1.95. The first-order valence-corrected chi connectivity index (χ1v) is 15.8. The molecular weight excluding hydrogens is 571 g/mol. The number of likely N-dealkylation sites (tertiary alicyclic amines) is 1. The molecule has 0 unspecified atom stereocenters. The predicted molar refractivity (Wildman–Crippen MR) is 157 cm³/mol. The molecule has 3 aliphatic heterocycles.